The van der Waals surface area contributed by atoms with Crippen molar-refractivity contribution in [3.05, 3.63) is 41.2 Å². The predicted molar refractivity (Wildman–Crippen MR) is 82.0 cm³/mol. The van der Waals surface area contributed by atoms with E-state index in [0.717, 1.165) is 6.42 Å². The maximum absolute atomic E-state index is 14.2. The minimum Gasteiger partial charge on any atom is -0.466 e. The summed E-state index contributed by atoms with van der Waals surface area (Å²) < 4.78 is 29.8. The van der Waals surface area contributed by atoms with Gasteiger partial charge in [0.25, 0.3) is 0 Å². The molecule has 2 heterocycles. The number of fused-ring (bicyclic) bond motifs is 2. The summed E-state index contributed by atoms with van der Waals surface area (Å²) in [5, 5.41) is 3.37. The molecule has 1 N–H and O–H groups in total. The number of hydrogen-bond donors (Lipinski definition) is 1. The van der Waals surface area contributed by atoms with Crippen LogP contribution in [0.25, 0.3) is 5.57 Å². The van der Waals surface area contributed by atoms with Crippen LogP contribution in [0.5, 0.6) is 0 Å². The molecule has 0 amide bonds. The number of esters is 1. The maximum Gasteiger partial charge on any atom is 0.335 e. The highest BCUT2D eigenvalue weighted by atomic mass is 19.1. The van der Waals surface area contributed by atoms with Crippen LogP contribution in [-0.4, -0.2) is 45.2 Å². The summed E-state index contributed by atoms with van der Waals surface area (Å²) in [5.41, 5.74) is 1.61. The zero-order valence-electron chi connectivity index (χ0n) is 13.2. The fourth-order valence-corrected chi connectivity index (χ4v) is 3.44. The standard InChI is InChI=1S/C17H20FNO4/c1-21-9-23-14-8-10-7-12(11-5-3-4-6-13(11)18)15(16(14)19-10)17(20)22-2/h3-6,10,14,16,19H,7-9H2,1-2H3. The molecule has 0 spiro atoms. The molecule has 1 aromatic carbocycles. The topological polar surface area (TPSA) is 56.8 Å². The van der Waals surface area contributed by atoms with Gasteiger partial charge in [-0.1, -0.05) is 18.2 Å². The monoisotopic (exact) mass is 321 g/mol. The normalized spacial score (nSPS) is 26.5. The number of carbonyl (C=O) groups excluding carboxylic acids is 1. The van der Waals surface area contributed by atoms with Gasteiger partial charge in [-0.25, -0.2) is 9.18 Å². The molecular weight excluding hydrogens is 301 g/mol. The summed E-state index contributed by atoms with van der Waals surface area (Å²) in [6.07, 6.45) is 1.11. The van der Waals surface area contributed by atoms with Crippen molar-refractivity contribution in [1.29, 1.82) is 0 Å². The van der Waals surface area contributed by atoms with E-state index in [1.54, 1.807) is 25.3 Å². The van der Waals surface area contributed by atoms with E-state index in [1.165, 1.54) is 13.2 Å². The van der Waals surface area contributed by atoms with Crippen molar-refractivity contribution in [1.82, 2.24) is 5.32 Å². The molecule has 3 atom stereocenters. The van der Waals surface area contributed by atoms with Gasteiger partial charge in [-0.15, -0.1) is 0 Å². The van der Waals surface area contributed by atoms with E-state index in [9.17, 15) is 9.18 Å². The number of hydrogen-bond acceptors (Lipinski definition) is 5. The second-order valence-corrected chi connectivity index (χ2v) is 5.76. The molecule has 1 saturated heterocycles. The minimum atomic E-state index is -0.452. The van der Waals surface area contributed by atoms with Crippen molar-refractivity contribution in [3.63, 3.8) is 0 Å². The van der Waals surface area contributed by atoms with Crippen LogP contribution < -0.4 is 5.32 Å². The first-order valence-electron chi connectivity index (χ1n) is 7.58. The summed E-state index contributed by atoms with van der Waals surface area (Å²) in [7, 11) is 2.89. The zero-order valence-corrected chi connectivity index (χ0v) is 13.2. The number of halogens is 1. The van der Waals surface area contributed by atoms with E-state index in [0.29, 0.717) is 23.1 Å². The molecule has 0 saturated carbocycles. The van der Waals surface area contributed by atoms with Crippen LogP contribution in [0, 0.1) is 5.82 Å². The Morgan fingerprint density at radius 1 is 1.35 bits per heavy atom. The first-order chi connectivity index (χ1) is 11.2. The average molecular weight is 321 g/mol. The number of benzene rings is 1. The predicted octanol–water partition coefficient (Wildman–Crippen LogP) is 1.88. The molecule has 3 unspecified atom stereocenters. The third-order valence-electron chi connectivity index (χ3n) is 4.39. The van der Waals surface area contributed by atoms with Gasteiger partial charge in [-0.2, -0.15) is 0 Å². The molecule has 0 radical (unpaired) electrons. The Bertz CT molecular complexity index is 631. The molecule has 124 valence electrons. The third-order valence-corrected chi connectivity index (χ3v) is 4.39. The molecule has 2 aliphatic rings. The number of ether oxygens (including phenoxy) is 3. The molecule has 23 heavy (non-hydrogen) atoms. The molecule has 5 nitrogen and oxygen atoms in total. The second kappa shape index (κ2) is 6.78. The van der Waals surface area contributed by atoms with E-state index in [2.05, 4.69) is 5.32 Å². The molecular formula is C17H20FNO4. The molecule has 3 rings (SSSR count). The Balaban J connectivity index is 2.03. The van der Waals surface area contributed by atoms with Crippen LogP contribution in [0.15, 0.2) is 29.8 Å². The van der Waals surface area contributed by atoms with Crippen LogP contribution in [0.1, 0.15) is 18.4 Å². The summed E-state index contributed by atoms with van der Waals surface area (Å²) in [4.78, 5) is 12.3. The van der Waals surface area contributed by atoms with E-state index in [4.69, 9.17) is 14.2 Å². The summed E-state index contributed by atoms with van der Waals surface area (Å²) in [6.45, 7) is 0.152. The second-order valence-electron chi connectivity index (χ2n) is 5.76. The molecule has 2 aliphatic heterocycles. The summed E-state index contributed by atoms with van der Waals surface area (Å²) >= 11 is 0. The van der Waals surface area contributed by atoms with Crippen molar-refractivity contribution >= 4 is 11.5 Å². The number of nitrogens with one attached hydrogen (secondary N) is 1. The summed E-state index contributed by atoms with van der Waals surface area (Å²) in [5.74, 6) is -0.785. The van der Waals surface area contributed by atoms with E-state index < -0.39 is 5.97 Å². The Morgan fingerprint density at radius 3 is 2.83 bits per heavy atom. The van der Waals surface area contributed by atoms with Crippen LogP contribution in [0.3, 0.4) is 0 Å². The van der Waals surface area contributed by atoms with Gasteiger partial charge in [0.05, 0.1) is 24.8 Å². The lowest BCUT2D eigenvalue weighted by atomic mass is 9.89. The van der Waals surface area contributed by atoms with Gasteiger partial charge in [0.1, 0.15) is 12.6 Å². The van der Waals surface area contributed by atoms with Crippen molar-refractivity contribution in [3.8, 4) is 0 Å². The fourth-order valence-electron chi connectivity index (χ4n) is 3.44. The first kappa shape index (κ1) is 16.1. The van der Waals surface area contributed by atoms with Crippen LogP contribution in [0.4, 0.5) is 4.39 Å². The van der Waals surface area contributed by atoms with Gasteiger partial charge in [-0.3, -0.25) is 0 Å². The van der Waals surface area contributed by atoms with Crippen molar-refractivity contribution in [2.45, 2.75) is 31.0 Å². The van der Waals surface area contributed by atoms with Gasteiger partial charge >= 0.3 is 5.97 Å². The maximum atomic E-state index is 14.2. The summed E-state index contributed by atoms with van der Waals surface area (Å²) in [6, 6.07) is 6.33. The van der Waals surface area contributed by atoms with Gasteiger partial charge in [0.15, 0.2) is 0 Å². The Hall–Kier alpha value is -1.76. The van der Waals surface area contributed by atoms with Crippen molar-refractivity contribution < 1.29 is 23.4 Å². The van der Waals surface area contributed by atoms with Gasteiger partial charge < -0.3 is 19.5 Å². The number of methoxy groups -OCH3 is 2. The molecule has 6 heteroatoms. The Labute approximate surface area is 134 Å². The SMILES string of the molecule is COCOC1CC2CC(c3ccccc3F)=C(C(=O)OC)C1N2. The lowest BCUT2D eigenvalue weighted by Crippen LogP contribution is -2.42. The molecule has 0 aromatic heterocycles. The average Bonchev–Trinajstić information content (AvgIpc) is 2.88. The van der Waals surface area contributed by atoms with E-state index in [-0.39, 0.29) is 30.8 Å². The molecule has 1 fully saturated rings. The van der Waals surface area contributed by atoms with Crippen LogP contribution in [-0.2, 0) is 19.0 Å². The highest BCUT2D eigenvalue weighted by Gasteiger charge is 2.45. The van der Waals surface area contributed by atoms with Crippen LogP contribution >= 0.6 is 0 Å². The fraction of sp³-hybridized carbons (Fsp3) is 0.471. The Kier molecular flexibility index (Phi) is 4.75. The van der Waals surface area contributed by atoms with Crippen LogP contribution in [0.2, 0.25) is 0 Å². The lowest BCUT2D eigenvalue weighted by molar-refractivity contribution is -0.137. The quantitative estimate of drug-likeness (QED) is 0.663. The van der Waals surface area contributed by atoms with Gasteiger partial charge in [0, 0.05) is 18.7 Å². The Morgan fingerprint density at radius 2 is 2.13 bits per heavy atom. The third kappa shape index (κ3) is 3.02. The zero-order chi connectivity index (χ0) is 16.4. The number of rotatable bonds is 5. The van der Waals surface area contributed by atoms with Gasteiger partial charge in [-0.05, 0) is 24.5 Å². The smallest absolute Gasteiger partial charge is 0.335 e. The highest BCUT2D eigenvalue weighted by Crippen LogP contribution is 2.39. The number of carbonyl (C=O) groups is 1. The highest BCUT2D eigenvalue weighted by molar-refractivity contribution is 6.00. The van der Waals surface area contributed by atoms with E-state index >= 15 is 0 Å². The van der Waals surface area contributed by atoms with E-state index in [1.807, 2.05) is 0 Å². The molecule has 2 bridgehead atoms. The first-order valence-corrected chi connectivity index (χ1v) is 7.58. The van der Waals surface area contributed by atoms with Gasteiger partial charge in [0.2, 0.25) is 0 Å². The molecule has 1 aromatic rings. The molecule has 0 aliphatic carbocycles. The largest absolute Gasteiger partial charge is 0.466 e. The lowest BCUT2D eigenvalue weighted by Gasteiger charge is -2.28. The van der Waals surface area contributed by atoms with Crippen molar-refractivity contribution in [2.24, 2.45) is 0 Å². The van der Waals surface area contributed by atoms with Crippen molar-refractivity contribution in [2.75, 3.05) is 21.0 Å². The minimum absolute atomic E-state index is 0.143.